The first-order valence-electron chi connectivity index (χ1n) is 7.16. The van der Waals surface area contributed by atoms with Gasteiger partial charge in [0, 0.05) is 0 Å². The number of ether oxygens (including phenoxy) is 1. The first-order valence-corrected chi connectivity index (χ1v) is 7.16. The van der Waals surface area contributed by atoms with E-state index in [4.69, 9.17) is 4.74 Å². The van der Waals surface area contributed by atoms with Crippen molar-refractivity contribution < 1.29 is 4.74 Å². The molecule has 0 N–H and O–H groups in total. The van der Waals surface area contributed by atoms with Gasteiger partial charge in [0.15, 0.2) is 0 Å². The van der Waals surface area contributed by atoms with E-state index in [2.05, 4.69) is 85.1 Å². The maximum absolute atomic E-state index is 6.36. The first-order chi connectivity index (χ1) is 9.68. The quantitative estimate of drug-likeness (QED) is 0.769. The fraction of sp³-hybridized carbons (Fsp3) is 0.294. The number of benzene rings is 2. The Morgan fingerprint density at radius 2 is 1.65 bits per heavy atom. The van der Waals surface area contributed by atoms with Crippen molar-refractivity contribution in [2.75, 3.05) is 7.05 Å². The zero-order valence-electron chi connectivity index (χ0n) is 12.3. The predicted molar refractivity (Wildman–Crippen MR) is 82.1 cm³/mol. The average Bonchev–Trinajstić information content (AvgIpc) is 2.77. The summed E-state index contributed by atoms with van der Waals surface area (Å²) in [7, 11) is 2.14. The molecular weight excluding hydrogens is 241 g/mol. The van der Waals surface area contributed by atoms with Gasteiger partial charge in [0.2, 0.25) is 0 Å². The van der Waals surface area contributed by atoms with Crippen LogP contribution in [-0.4, -0.2) is 35.7 Å². The molecule has 1 heterocycles. The topological polar surface area (TPSA) is 12.5 Å². The van der Waals surface area contributed by atoms with Crippen molar-refractivity contribution in [3.8, 4) is 0 Å². The predicted octanol–water partition coefficient (Wildman–Crippen LogP) is 2.57. The van der Waals surface area contributed by atoms with Crippen molar-refractivity contribution in [1.82, 2.24) is 4.90 Å². The molecule has 0 radical (unpaired) electrons. The average molecular weight is 259 g/mol. The van der Waals surface area contributed by atoms with E-state index in [1.54, 1.807) is 0 Å². The molecule has 1 saturated heterocycles. The minimum atomic E-state index is 0.0383. The van der Waals surface area contributed by atoms with Crippen molar-refractivity contribution in [2.45, 2.75) is 25.3 Å². The second kappa shape index (κ2) is 5.75. The summed E-state index contributed by atoms with van der Waals surface area (Å²) < 4.78 is 7.65. The summed E-state index contributed by atoms with van der Waals surface area (Å²) in [4.78, 5) is 2.32. The molecule has 2 aromatic rings. The Kier molecular flexibility index (Phi) is 4.00. The van der Waals surface area contributed by atoms with E-state index in [9.17, 15) is 0 Å². The molecule has 0 aromatic heterocycles. The van der Waals surface area contributed by atoms with Crippen molar-refractivity contribution in [3.63, 3.8) is 0 Å². The summed E-state index contributed by atoms with van der Waals surface area (Å²) >= 11 is 2.15. The van der Waals surface area contributed by atoms with Gasteiger partial charge in [-0.1, -0.05) is 0 Å². The normalized spacial score (nSPS) is 26.9. The van der Waals surface area contributed by atoms with Gasteiger partial charge in [0.05, 0.1) is 0 Å². The zero-order chi connectivity index (χ0) is 14.1. The van der Waals surface area contributed by atoms with E-state index >= 15 is 0 Å². The van der Waals surface area contributed by atoms with Crippen LogP contribution < -0.4 is 4.24 Å². The maximum atomic E-state index is 6.36. The Bertz CT molecular complexity index is 587. The van der Waals surface area contributed by atoms with Crippen LogP contribution in [0.2, 0.25) is 0 Å². The number of hydrogen-bond donors (Lipinski definition) is 0. The third kappa shape index (κ3) is 2.45. The number of nitrogens with zero attached hydrogens (tertiary/aromatic N) is 1. The van der Waals surface area contributed by atoms with Gasteiger partial charge in [0.1, 0.15) is 0 Å². The summed E-state index contributed by atoms with van der Waals surface area (Å²) in [5.74, 6) is 0. The van der Waals surface area contributed by atoms with Crippen LogP contribution in [0.5, 0.6) is 0 Å². The molecule has 1 fully saturated rings. The molecule has 0 aliphatic carbocycles. The van der Waals surface area contributed by atoms with Crippen LogP contribution in [0.3, 0.4) is 0 Å². The number of hydrogen-bond acceptors (Lipinski definition) is 2. The van der Waals surface area contributed by atoms with E-state index < -0.39 is 0 Å². The molecule has 3 rings (SSSR count). The second-order valence-electron chi connectivity index (χ2n) is 5.58. The second-order valence-corrected chi connectivity index (χ2v) is 5.58. The van der Waals surface area contributed by atoms with Crippen molar-refractivity contribution in [2.24, 2.45) is 0 Å². The molecule has 2 nitrogen and oxygen atoms in total. The standard InChI is InChI=1S/C17H18NO.Li/c1-13-16(14-9-5-3-6-10-14)19-17(18(13)2)15-11-7-4-8-12-15;/h3-11,13,16-17H,1-2H3;/t13-,16+,17-;/m1./s1. The van der Waals surface area contributed by atoms with Gasteiger partial charge in [-0.05, 0) is 0 Å². The third-order valence-corrected chi connectivity index (χ3v) is 4.31. The molecule has 0 saturated carbocycles. The molecule has 98 valence electrons. The fourth-order valence-corrected chi connectivity index (χ4v) is 2.93. The molecule has 3 heteroatoms. The molecule has 0 spiro atoms. The van der Waals surface area contributed by atoms with Crippen molar-refractivity contribution in [1.29, 1.82) is 0 Å². The Labute approximate surface area is 130 Å². The van der Waals surface area contributed by atoms with Gasteiger partial charge in [-0.25, -0.2) is 0 Å². The first kappa shape index (κ1) is 13.9. The molecule has 1 aliphatic heterocycles. The molecule has 0 bridgehead atoms. The zero-order valence-corrected chi connectivity index (χ0v) is 12.3. The third-order valence-electron chi connectivity index (χ3n) is 4.31. The number of likely N-dealkylation sites (N-methyl/N-ethyl adjacent to an activating group) is 1. The molecule has 20 heavy (non-hydrogen) atoms. The fourth-order valence-electron chi connectivity index (χ4n) is 2.93. The van der Waals surface area contributed by atoms with Crippen LogP contribution in [0.25, 0.3) is 0 Å². The molecule has 1 aliphatic rings. The minimum absolute atomic E-state index is 0.0383. The summed E-state index contributed by atoms with van der Waals surface area (Å²) in [6.45, 7) is 2.23. The molecule has 2 aromatic carbocycles. The van der Waals surface area contributed by atoms with Gasteiger partial charge in [-0.3, -0.25) is 0 Å². The van der Waals surface area contributed by atoms with Crippen LogP contribution >= 0.6 is 0 Å². The summed E-state index contributed by atoms with van der Waals surface area (Å²) in [5.41, 5.74) is 2.52. The Balaban J connectivity index is 1.91. The molecule has 0 unspecified atom stereocenters. The summed E-state index contributed by atoms with van der Waals surface area (Å²) in [6, 6.07) is 19.3. The number of rotatable bonds is 2. The van der Waals surface area contributed by atoms with E-state index in [0.717, 1.165) is 0 Å². The summed E-state index contributed by atoms with van der Waals surface area (Å²) in [6.07, 6.45) is 0.169. The van der Waals surface area contributed by atoms with Gasteiger partial charge >= 0.3 is 130 Å². The molecular formula is C17H18LiNO. The van der Waals surface area contributed by atoms with Crippen molar-refractivity contribution >= 4 is 22.0 Å². The Hall–Kier alpha value is -1.04. The van der Waals surface area contributed by atoms with E-state index in [1.807, 2.05) is 6.07 Å². The van der Waals surface area contributed by atoms with Crippen molar-refractivity contribution in [3.05, 3.63) is 65.7 Å². The van der Waals surface area contributed by atoms with Gasteiger partial charge in [-0.15, -0.1) is 0 Å². The van der Waals surface area contributed by atoms with E-state index in [-0.39, 0.29) is 12.3 Å². The van der Waals surface area contributed by atoms with Gasteiger partial charge in [0.25, 0.3) is 0 Å². The van der Waals surface area contributed by atoms with Crippen LogP contribution in [-0.2, 0) is 4.74 Å². The molecule has 0 amide bonds. The van der Waals surface area contributed by atoms with Crippen LogP contribution in [0.1, 0.15) is 30.4 Å². The van der Waals surface area contributed by atoms with E-state index in [0.29, 0.717) is 6.04 Å². The Morgan fingerprint density at radius 3 is 2.35 bits per heavy atom. The van der Waals surface area contributed by atoms with Gasteiger partial charge in [-0.2, -0.15) is 0 Å². The summed E-state index contributed by atoms with van der Waals surface area (Å²) in [5, 5.41) is 0. The molecule has 3 atom stereocenters. The Morgan fingerprint density at radius 1 is 1.00 bits per heavy atom. The van der Waals surface area contributed by atoms with Crippen LogP contribution in [0.15, 0.2) is 54.6 Å². The van der Waals surface area contributed by atoms with Gasteiger partial charge < -0.3 is 0 Å². The monoisotopic (exact) mass is 259 g/mol. The van der Waals surface area contributed by atoms with Crippen LogP contribution in [0, 0.1) is 0 Å². The van der Waals surface area contributed by atoms with Crippen LogP contribution in [0.4, 0.5) is 0 Å². The van der Waals surface area contributed by atoms with E-state index in [1.165, 1.54) is 15.4 Å². The SMILES string of the molecule is [Li][c]1ccccc1[C@H]1O[C@H](c2ccccc2)[C@@H](C)N1C.